The SMILES string of the molecule is O=C(O)C1CC1C(=O)Nc1cccc(N2CCCNC2=O)c1. The van der Waals surface area contributed by atoms with Crippen molar-refractivity contribution in [2.24, 2.45) is 11.8 Å². The maximum atomic E-state index is 12.0. The van der Waals surface area contributed by atoms with Gasteiger partial charge in [0.25, 0.3) is 0 Å². The minimum absolute atomic E-state index is 0.150. The Labute approximate surface area is 127 Å². The Morgan fingerprint density at radius 2 is 2.14 bits per heavy atom. The van der Waals surface area contributed by atoms with Crippen molar-refractivity contribution in [3.05, 3.63) is 24.3 Å². The van der Waals surface area contributed by atoms with E-state index < -0.39 is 17.8 Å². The van der Waals surface area contributed by atoms with E-state index in [1.54, 1.807) is 29.2 Å². The summed E-state index contributed by atoms with van der Waals surface area (Å²) in [7, 11) is 0. The molecule has 3 rings (SSSR count). The Bertz CT molecular complexity index is 631. The number of rotatable bonds is 4. The van der Waals surface area contributed by atoms with Crippen LogP contribution in [0.4, 0.5) is 16.2 Å². The lowest BCUT2D eigenvalue weighted by Gasteiger charge is -2.27. The normalized spacial score (nSPS) is 23.6. The number of hydrogen-bond donors (Lipinski definition) is 3. The highest BCUT2D eigenvalue weighted by atomic mass is 16.4. The van der Waals surface area contributed by atoms with Gasteiger partial charge >= 0.3 is 12.0 Å². The van der Waals surface area contributed by atoms with Crippen molar-refractivity contribution >= 4 is 29.3 Å². The molecule has 1 aliphatic carbocycles. The monoisotopic (exact) mass is 303 g/mol. The third-order valence-corrected chi connectivity index (χ3v) is 3.95. The Morgan fingerprint density at radius 3 is 2.82 bits per heavy atom. The van der Waals surface area contributed by atoms with Crippen molar-refractivity contribution in [1.29, 1.82) is 0 Å². The summed E-state index contributed by atoms with van der Waals surface area (Å²) in [5.74, 6) is -2.25. The number of aliphatic carboxylic acids is 1. The largest absolute Gasteiger partial charge is 0.481 e. The Balaban J connectivity index is 1.68. The first-order valence-electron chi connectivity index (χ1n) is 7.25. The van der Waals surface area contributed by atoms with E-state index in [1.807, 2.05) is 0 Å². The van der Waals surface area contributed by atoms with Gasteiger partial charge in [-0.05, 0) is 31.0 Å². The van der Waals surface area contributed by atoms with Crippen molar-refractivity contribution in [1.82, 2.24) is 5.32 Å². The first-order valence-corrected chi connectivity index (χ1v) is 7.25. The van der Waals surface area contributed by atoms with Crippen molar-refractivity contribution in [3.8, 4) is 0 Å². The van der Waals surface area contributed by atoms with Gasteiger partial charge in [-0.25, -0.2) is 4.79 Å². The van der Waals surface area contributed by atoms with Crippen molar-refractivity contribution < 1.29 is 19.5 Å². The fourth-order valence-corrected chi connectivity index (χ4v) is 2.62. The molecular weight excluding hydrogens is 286 g/mol. The molecule has 1 aliphatic heterocycles. The van der Waals surface area contributed by atoms with Crippen molar-refractivity contribution in [2.75, 3.05) is 23.3 Å². The molecular formula is C15H17N3O4. The number of anilines is 2. The number of carbonyl (C=O) groups excluding carboxylic acids is 2. The molecule has 0 aromatic heterocycles. The van der Waals surface area contributed by atoms with Crippen LogP contribution in [0.1, 0.15) is 12.8 Å². The van der Waals surface area contributed by atoms with E-state index in [4.69, 9.17) is 5.11 Å². The third-order valence-electron chi connectivity index (χ3n) is 3.95. The van der Waals surface area contributed by atoms with Crippen LogP contribution in [0, 0.1) is 11.8 Å². The highest BCUT2D eigenvalue weighted by Gasteiger charge is 2.48. The fourth-order valence-electron chi connectivity index (χ4n) is 2.62. The predicted molar refractivity (Wildman–Crippen MR) is 79.7 cm³/mol. The summed E-state index contributed by atoms with van der Waals surface area (Å²) in [5.41, 5.74) is 1.28. The molecule has 1 aromatic carbocycles. The summed E-state index contributed by atoms with van der Waals surface area (Å²) in [6.45, 7) is 1.30. The number of carboxylic acids is 1. The molecule has 2 atom stereocenters. The maximum Gasteiger partial charge on any atom is 0.321 e. The Hall–Kier alpha value is -2.57. The second-order valence-electron chi connectivity index (χ2n) is 5.56. The van der Waals surface area contributed by atoms with Gasteiger partial charge in [0.2, 0.25) is 5.91 Å². The molecule has 116 valence electrons. The van der Waals surface area contributed by atoms with Crippen LogP contribution in [0.3, 0.4) is 0 Å². The van der Waals surface area contributed by atoms with Gasteiger partial charge in [0.15, 0.2) is 0 Å². The average molecular weight is 303 g/mol. The van der Waals surface area contributed by atoms with E-state index in [9.17, 15) is 14.4 Å². The van der Waals surface area contributed by atoms with E-state index in [0.29, 0.717) is 30.9 Å². The molecule has 2 unspecified atom stereocenters. The summed E-state index contributed by atoms with van der Waals surface area (Å²) >= 11 is 0. The quantitative estimate of drug-likeness (QED) is 0.780. The fraction of sp³-hybridized carbons (Fsp3) is 0.400. The average Bonchev–Trinajstić information content (AvgIpc) is 3.29. The highest BCUT2D eigenvalue weighted by molar-refractivity contribution is 5.99. The van der Waals surface area contributed by atoms with E-state index in [0.717, 1.165) is 6.42 Å². The van der Waals surface area contributed by atoms with Gasteiger partial charge in [-0.2, -0.15) is 0 Å². The minimum Gasteiger partial charge on any atom is -0.481 e. The molecule has 1 saturated carbocycles. The molecule has 1 heterocycles. The molecule has 0 bridgehead atoms. The zero-order valence-corrected chi connectivity index (χ0v) is 11.9. The van der Waals surface area contributed by atoms with Gasteiger partial charge in [0, 0.05) is 24.5 Å². The standard InChI is InChI=1S/C15H17N3O4/c19-13(11-8-12(11)14(20)21)17-9-3-1-4-10(7-9)18-6-2-5-16-15(18)22/h1,3-4,7,11-12H,2,5-6,8H2,(H,16,22)(H,17,19)(H,20,21). The van der Waals surface area contributed by atoms with Gasteiger partial charge in [-0.1, -0.05) is 6.07 Å². The second kappa shape index (κ2) is 5.67. The van der Waals surface area contributed by atoms with Crippen LogP contribution in [0.2, 0.25) is 0 Å². The summed E-state index contributed by atoms with van der Waals surface area (Å²) in [4.78, 5) is 36.2. The first-order chi connectivity index (χ1) is 10.6. The second-order valence-corrected chi connectivity index (χ2v) is 5.56. The zero-order chi connectivity index (χ0) is 15.7. The molecule has 2 fully saturated rings. The third kappa shape index (κ3) is 2.88. The number of amides is 3. The van der Waals surface area contributed by atoms with Crippen molar-refractivity contribution in [2.45, 2.75) is 12.8 Å². The van der Waals surface area contributed by atoms with Crippen LogP contribution >= 0.6 is 0 Å². The number of hydrogen-bond acceptors (Lipinski definition) is 3. The van der Waals surface area contributed by atoms with Gasteiger partial charge in [0.1, 0.15) is 0 Å². The van der Waals surface area contributed by atoms with Crippen molar-refractivity contribution in [3.63, 3.8) is 0 Å². The number of nitrogens with zero attached hydrogens (tertiary/aromatic N) is 1. The molecule has 7 heteroatoms. The van der Waals surface area contributed by atoms with Gasteiger partial charge in [0.05, 0.1) is 11.8 Å². The number of urea groups is 1. The Kier molecular flexibility index (Phi) is 3.70. The Morgan fingerprint density at radius 1 is 1.32 bits per heavy atom. The molecule has 0 spiro atoms. The first kappa shape index (κ1) is 14.4. The molecule has 22 heavy (non-hydrogen) atoms. The molecule has 0 radical (unpaired) electrons. The van der Waals surface area contributed by atoms with Gasteiger partial charge in [-0.15, -0.1) is 0 Å². The molecule has 3 N–H and O–H groups in total. The highest BCUT2D eigenvalue weighted by Crippen LogP contribution is 2.39. The van der Waals surface area contributed by atoms with Gasteiger partial charge in [-0.3, -0.25) is 14.5 Å². The number of benzene rings is 1. The molecule has 3 amide bonds. The van der Waals surface area contributed by atoms with Crippen LogP contribution < -0.4 is 15.5 Å². The molecule has 2 aliphatic rings. The lowest BCUT2D eigenvalue weighted by atomic mass is 10.2. The van der Waals surface area contributed by atoms with Crippen LogP contribution in [0.15, 0.2) is 24.3 Å². The zero-order valence-electron chi connectivity index (χ0n) is 11.9. The van der Waals surface area contributed by atoms with Gasteiger partial charge < -0.3 is 15.7 Å². The maximum absolute atomic E-state index is 12.0. The predicted octanol–water partition coefficient (Wildman–Crippen LogP) is 1.27. The van der Waals surface area contributed by atoms with Crippen LogP contribution in [-0.4, -0.2) is 36.1 Å². The van der Waals surface area contributed by atoms with Crippen LogP contribution in [0.5, 0.6) is 0 Å². The van der Waals surface area contributed by atoms with Crippen LogP contribution in [-0.2, 0) is 9.59 Å². The summed E-state index contributed by atoms with van der Waals surface area (Å²) in [5, 5.41) is 14.3. The van der Waals surface area contributed by atoms with E-state index in [2.05, 4.69) is 10.6 Å². The summed E-state index contributed by atoms with van der Waals surface area (Å²) in [6.07, 6.45) is 1.25. The summed E-state index contributed by atoms with van der Waals surface area (Å²) in [6, 6.07) is 6.86. The number of nitrogens with one attached hydrogen (secondary N) is 2. The van der Waals surface area contributed by atoms with E-state index >= 15 is 0 Å². The smallest absolute Gasteiger partial charge is 0.321 e. The lowest BCUT2D eigenvalue weighted by molar-refractivity contribution is -0.139. The molecule has 7 nitrogen and oxygen atoms in total. The van der Waals surface area contributed by atoms with E-state index in [1.165, 1.54) is 0 Å². The minimum atomic E-state index is -0.932. The molecule has 1 aromatic rings. The van der Waals surface area contributed by atoms with E-state index in [-0.39, 0.29) is 11.9 Å². The number of carbonyl (C=O) groups is 3. The van der Waals surface area contributed by atoms with Crippen LogP contribution in [0.25, 0.3) is 0 Å². The molecule has 1 saturated heterocycles. The summed E-state index contributed by atoms with van der Waals surface area (Å²) < 4.78 is 0. The topological polar surface area (TPSA) is 98.7 Å². The number of carboxylic acid groups (broad SMARTS) is 1. The lowest BCUT2D eigenvalue weighted by Crippen LogP contribution is -2.46.